The first-order valence-electron chi connectivity index (χ1n) is 8.62. The van der Waals surface area contributed by atoms with E-state index in [1.54, 1.807) is 6.20 Å². The molecule has 0 radical (unpaired) electrons. The molecule has 3 heterocycles. The van der Waals surface area contributed by atoms with E-state index in [0.717, 1.165) is 10.6 Å². The zero-order chi connectivity index (χ0) is 17.5. The monoisotopic (exact) mass is 348 g/mol. The largest absolute Gasteiger partial charge is 0.304 e. The van der Waals surface area contributed by atoms with Crippen LogP contribution >= 0.6 is 0 Å². The molecule has 132 valence electrons. The fourth-order valence-corrected chi connectivity index (χ4v) is 4.54. The first kappa shape index (κ1) is 17.6. The van der Waals surface area contributed by atoms with Crippen LogP contribution in [0.2, 0.25) is 0 Å². The van der Waals surface area contributed by atoms with Gasteiger partial charge in [-0.2, -0.15) is 0 Å². The van der Waals surface area contributed by atoms with Gasteiger partial charge in [-0.05, 0) is 40.4 Å². The van der Waals surface area contributed by atoms with Gasteiger partial charge >= 0.3 is 0 Å². The van der Waals surface area contributed by atoms with Gasteiger partial charge < -0.3 is 10.6 Å². The summed E-state index contributed by atoms with van der Waals surface area (Å²) < 4.78 is 12.3. The molecule has 2 bridgehead atoms. The maximum atomic E-state index is 12.3. The van der Waals surface area contributed by atoms with Crippen molar-refractivity contribution in [2.75, 3.05) is 5.75 Å². The normalized spacial score (nSPS) is 34.0. The van der Waals surface area contributed by atoms with Gasteiger partial charge in [0.15, 0.2) is 0 Å². The lowest BCUT2D eigenvalue weighted by Crippen LogP contribution is -2.52. The third-order valence-corrected chi connectivity index (χ3v) is 7.30. The molecular weight excluding hydrogens is 320 g/mol. The number of aliphatic imine (C=N–C) groups is 1. The SMILES string of the molecule is C=S(=O)(CC)c1ccc(CN[C@@H]2C3N=CC2(C)N[C@H]3C(C)C)nc1. The molecule has 3 unspecified atom stereocenters. The van der Waals surface area contributed by atoms with Crippen molar-refractivity contribution >= 4 is 21.6 Å². The number of nitrogens with zero attached hydrogens (tertiary/aromatic N) is 2. The number of hydrogen-bond donors (Lipinski definition) is 2. The standard InChI is InChI=1S/C18H28N4OS/c1-6-24(5,23)14-8-7-13(19-10-14)9-20-17-16-15(12(2)3)22-18(17,4)11-21-16/h7-8,10-12,15-17,20,22H,5-6,9H2,1-4H3/t15-,16?,17+,18?,24?/m0/s1. The summed E-state index contributed by atoms with van der Waals surface area (Å²) in [6.45, 7) is 9.24. The molecule has 2 N–H and O–H groups in total. The number of rotatable bonds is 6. The predicted molar refractivity (Wildman–Crippen MR) is 101 cm³/mol. The van der Waals surface area contributed by atoms with Gasteiger partial charge in [0.05, 0.1) is 23.3 Å². The van der Waals surface area contributed by atoms with E-state index in [2.05, 4.69) is 42.3 Å². The lowest BCUT2D eigenvalue weighted by atomic mass is 9.93. The summed E-state index contributed by atoms with van der Waals surface area (Å²) in [5.41, 5.74) is 0.852. The van der Waals surface area contributed by atoms with Crippen LogP contribution in [0.5, 0.6) is 0 Å². The molecule has 0 spiro atoms. The van der Waals surface area contributed by atoms with Crippen LogP contribution in [0.1, 0.15) is 33.4 Å². The molecule has 0 aromatic carbocycles. The number of aromatic nitrogens is 1. The van der Waals surface area contributed by atoms with Crippen LogP contribution in [0.3, 0.4) is 0 Å². The van der Waals surface area contributed by atoms with Crippen molar-refractivity contribution in [2.24, 2.45) is 10.9 Å². The highest BCUT2D eigenvalue weighted by Crippen LogP contribution is 2.34. The van der Waals surface area contributed by atoms with Crippen molar-refractivity contribution in [3.63, 3.8) is 0 Å². The van der Waals surface area contributed by atoms with Crippen molar-refractivity contribution < 1.29 is 4.21 Å². The molecule has 2 aliphatic rings. The van der Waals surface area contributed by atoms with Gasteiger partial charge in [-0.1, -0.05) is 20.8 Å². The highest BCUT2D eigenvalue weighted by molar-refractivity contribution is 8.00. The molecule has 5 atom stereocenters. The third-order valence-electron chi connectivity index (χ3n) is 5.26. The van der Waals surface area contributed by atoms with Crippen molar-refractivity contribution in [3.8, 4) is 0 Å². The molecule has 1 aromatic rings. The van der Waals surface area contributed by atoms with Gasteiger partial charge in [0.25, 0.3) is 0 Å². The molecule has 0 amide bonds. The van der Waals surface area contributed by atoms with E-state index in [9.17, 15) is 4.21 Å². The van der Waals surface area contributed by atoms with Gasteiger partial charge in [-0.25, -0.2) is 0 Å². The Labute approximate surface area is 145 Å². The predicted octanol–water partition coefficient (Wildman–Crippen LogP) is 1.47. The molecule has 1 saturated heterocycles. The minimum Gasteiger partial charge on any atom is -0.304 e. The number of hydrogen-bond acceptors (Lipinski definition) is 5. The average Bonchev–Trinajstić information content (AvgIpc) is 3.02. The number of fused-ring (bicyclic) bond motifs is 2. The maximum absolute atomic E-state index is 12.3. The first-order chi connectivity index (χ1) is 11.3. The minimum atomic E-state index is -2.19. The molecule has 0 saturated carbocycles. The molecule has 2 aliphatic heterocycles. The van der Waals surface area contributed by atoms with E-state index in [0.29, 0.717) is 24.3 Å². The second-order valence-electron chi connectivity index (χ2n) is 7.41. The van der Waals surface area contributed by atoms with Crippen molar-refractivity contribution in [1.29, 1.82) is 0 Å². The number of nitrogens with one attached hydrogen (secondary N) is 2. The van der Waals surface area contributed by atoms with Crippen LogP contribution in [0.25, 0.3) is 0 Å². The Bertz CT molecular complexity index is 726. The van der Waals surface area contributed by atoms with Crippen LogP contribution < -0.4 is 10.6 Å². The molecule has 0 aliphatic carbocycles. The molecule has 6 heteroatoms. The topological polar surface area (TPSA) is 66.4 Å². The van der Waals surface area contributed by atoms with E-state index in [-0.39, 0.29) is 17.6 Å². The van der Waals surface area contributed by atoms with Crippen LogP contribution in [-0.2, 0) is 16.1 Å². The molecule has 1 fully saturated rings. The summed E-state index contributed by atoms with van der Waals surface area (Å²) >= 11 is 0. The van der Waals surface area contributed by atoms with Gasteiger partial charge in [0, 0.05) is 35.6 Å². The molecule has 1 aromatic heterocycles. The van der Waals surface area contributed by atoms with E-state index < -0.39 is 9.52 Å². The van der Waals surface area contributed by atoms with E-state index >= 15 is 0 Å². The number of pyridine rings is 1. The molecule has 3 rings (SSSR count). The molecule has 24 heavy (non-hydrogen) atoms. The lowest BCUT2D eigenvalue weighted by molar-refractivity contribution is 0.385. The summed E-state index contributed by atoms with van der Waals surface area (Å²) in [5.74, 6) is 4.89. The van der Waals surface area contributed by atoms with E-state index in [1.807, 2.05) is 25.3 Å². The summed E-state index contributed by atoms with van der Waals surface area (Å²) in [5, 5.41) is 7.33. The van der Waals surface area contributed by atoms with Gasteiger partial charge in [0.2, 0.25) is 0 Å². The minimum absolute atomic E-state index is 0.0938. The second-order valence-corrected chi connectivity index (χ2v) is 10.1. The van der Waals surface area contributed by atoms with Crippen molar-refractivity contribution in [2.45, 2.75) is 62.8 Å². The van der Waals surface area contributed by atoms with E-state index in [1.165, 1.54) is 0 Å². The van der Waals surface area contributed by atoms with Gasteiger partial charge in [-0.15, -0.1) is 0 Å². The summed E-state index contributed by atoms with van der Waals surface area (Å²) in [6, 6.07) is 4.79. The Morgan fingerprint density at radius 3 is 2.75 bits per heavy atom. The Balaban J connectivity index is 1.67. The lowest BCUT2D eigenvalue weighted by Gasteiger charge is -2.27. The first-order valence-corrected chi connectivity index (χ1v) is 10.5. The Morgan fingerprint density at radius 1 is 1.46 bits per heavy atom. The highest BCUT2D eigenvalue weighted by Gasteiger charge is 2.54. The fourth-order valence-electron chi connectivity index (χ4n) is 3.64. The van der Waals surface area contributed by atoms with Crippen LogP contribution in [0, 0.1) is 5.92 Å². The average molecular weight is 349 g/mol. The molecular formula is C18H28N4OS. The molecule has 5 nitrogen and oxygen atoms in total. The quantitative estimate of drug-likeness (QED) is 0.764. The zero-order valence-corrected chi connectivity index (χ0v) is 15.8. The Morgan fingerprint density at radius 2 is 2.21 bits per heavy atom. The maximum Gasteiger partial charge on any atom is 0.0826 e. The van der Waals surface area contributed by atoms with Crippen LogP contribution in [0.4, 0.5) is 0 Å². The van der Waals surface area contributed by atoms with Crippen LogP contribution in [-0.4, -0.2) is 50.7 Å². The van der Waals surface area contributed by atoms with Crippen molar-refractivity contribution in [3.05, 3.63) is 24.0 Å². The highest BCUT2D eigenvalue weighted by atomic mass is 32.2. The fraction of sp³-hybridized carbons (Fsp3) is 0.611. The summed E-state index contributed by atoms with van der Waals surface area (Å²) in [4.78, 5) is 9.90. The third kappa shape index (κ3) is 3.03. The zero-order valence-electron chi connectivity index (χ0n) is 15.0. The second kappa shape index (κ2) is 6.24. The summed E-state index contributed by atoms with van der Waals surface area (Å²) in [7, 11) is -2.19. The van der Waals surface area contributed by atoms with Crippen molar-refractivity contribution in [1.82, 2.24) is 15.6 Å². The smallest absolute Gasteiger partial charge is 0.0826 e. The summed E-state index contributed by atoms with van der Waals surface area (Å²) in [6.07, 6.45) is 3.75. The van der Waals surface area contributed by atoms with E-state index in [4.69, 9.17) is 4.99 Å². The van der Waals surface area contributed by atoms with Gasteiger partial charge in [0.1, 0.15) is 0 Å². The van der Waals surface area contributed by atoms with Gasteiger partial charge in [-0.3, -0.25) is 14.2 Å². The van der Waals surface area contributed by atoms with Crippen LogP contribution in [0.15, 0.2) is 28.2 Å². The Kier molecular flexibility index (Phi) is 4.57. The Hall–Kier alpha value is -1.24.